The Labute approximate surface area is 190 Å². The number of carbonyl (C=O) groups excluding carboxylic acids is 2. The maximum absolute atomic E-state index is 13.7. The topological polar surface area (TPSA) is 50.5 Å². The molecule has 0 spiro atoms. The largest absolute Gasteiger partial charge is 0.468 e. The smallest absolute Gasteiger partial charge is 0.272 e. The van der Waals surface area contributed by atoms with Crippen molar-refractivity contribution in [2.45, 2.75) is 19.6 Å². The molecule has 0 bridgehead atoms. The van der Waals surface area contributed by atoms with E-state index in [9.17, 15) is 9.59 Å². The number of imide groups is 1. The summed E-state index contributed by atoms with van der Waals surface area (Å²) in [6, 6.07) is 23.1. The number of amides is 2. The van der Waals surface area contributed by atoms with E-state index in [-0.39, 0.29) is 11.8 Å². The molecule has 0 fully saturated rings. The van der Waals surface area contributed by atoms with Crippen LogP contribution in [0, 0.1) is 13.8 Å². The van der Waals surface area contributed by atoms with Crippen LogP contribution in [0.25, 0.3) is 16.3 Å². The molecule has 0 aliphatic carbocycles. The number of anilines is 1. The highest BCUT2D eigenvalue weighted by atomic mass is 32.2. The van der Waals surface area contributed by atoms with E-state index >= 15 is 0 Å². The standard InChI is InChI=1S/C27H21NO3S/c1-17-12-13-20(15-18(17)2)24-25(32-16-21-9-6-14-31-21)27(30)28(26(24)29)23-11-5-8-19-7-3-4-10-22(19)23/h3-15H,16H2,1-2H3. The van der Waals surface area contributed by atoms with E-state index in [0.29, 0.717) is 21.9 Å². The zero-order valence-electron chi connectivity index (χ0n) is 17.8. The summed E-state index contributed by atoms with van der Waals surface area (Å²) in [5, 5.41) is 1.85. The zero-order valence-corrected chi connectivity index (χ0v) is 18.6. The van der Waals surface area contributed by atoms with Crippen LogP contribution in [0.5, 0.6) is 0 Å². The quantitative estimate of drug-likeness (QED) is 0.344. The molecule has 0 saturated heterocycles. The van der Waals surface area contributed by atoms with Crippen LogP contribution in [0.1, 0.15) is 22.5 Å². The van der Waals surface area contributed by atoms with Crippen LogP contribution in [0.3, 0.4) is 0 Å². The van der Waals surface area contributed by atoms with Crippen LogP contribution in [0.15, 0.2) is 88.4 Å². The molecule has 1 aliphatic rings. The minimum Gasteiger partial charge on any atom is -0.468 e. The van der Waals surface area contributed by atoms with Gasteiger partial charge in [-0.25, -0.2) is 4.90 Å². The normalized spacial score (nSPS) is 14.1. The molecule has 0 N–H and O–H groups in total. The van der Waals surface area contributed by atoms with Gasteiger partial charge in [-0.05, 0) is 54.1 Å². The highest BCUT2D eigenvalue weighted by Gasteiger charge is 2.40. The summed E-state index contributed by atoms with van der Waals surface area (Å²) in [5.74, 6) is 0.637. The molecule has 0 radical (unpaired) electrons. The number of fused-ring (bicyclic) bond motifs is 1. The second-order valence-electron chi connectivity index (χ2n) is 7.82. The van der Waals surface area contributed by atoms with Gasteiger partial charge in [-0.2, -0.15) is 0 Å². The molecule has 158 valence electrons. The van der Waals surface area contributed by atoms with Gasteiger partial charge in [-0.3, -0.25) is 9.59 Å². The van der Waals surface area contributed by atoms with E-state index in [2.05, 4.69) is 0 Å². The van der Waals surface area contributed by atoms with Gasteiger partial charge in [0.25, 0.3) is 11.8 Å². The van der Waals surface area contributed by atoms with Crippen molar-refractivity contribution in [3.8, 4) is 0 Å². The Morgan fingerprint density at radius 2 is 1.66 bits per heavy atom. The van der Waals surface area contributed by atoms with Crippen LogP contribution in [-0.2, 0) is 15.3 Å². The Balaban J connectivity index is 1.63. The molecule has 5 heteroatoms. The van der Waals surface area contributed by atoms with Gasteiger partial charge in [0.2, 0.25) is 0 Å². The summed E-state index contributed by atoms with van der Waals surface area (Å²) < 4.78 is 5.45. The molecular formula is C27H21NO3S. The average molecular weight is 440 g/mol. The monoisotopic (exact) mass is 439 g/mol. The first-order valence-corrected chi connectivity index (χ1v) is 11.4. The van der Waals surface area contributed by atoms with Crippen LogP contribution in [0.2, 0.25) is 0 Å². The lowest BCUT2D eigenvalue weighted by Crippen LogP contribution is -2.31. The predicted octanol–water partition coefficient (Wildman–Crippen LogP) is 6.27. The molecule has 32 heavy (non-hydrogen) atoms. The molecule has 5 rings (SSSR count). The SMILES string of the molecule is Cc1ccc(C2=C(SCc3ccco3)C(=O)N(c3cccc4ccccc34)C2=O)cc1C. The van der Waals surface area contributed by atoms with Crippen molar-refractivity contribution >= 4 is 45.6 Å². The van der Waals surface area contributed by atoms with Gasteiger partial charge in [0.1, 0.15) is 5.76 Å². The van der Waals surface area contributed by atoms with Crippen LogP contribution in [0.4, 0.5) is 5.69 Å². The number of aryl methyl sites for hydroxylation is 2. The Morgan fingerprint density at radius 3 is 2.44 bits per heavy atom. The number of hydrogen-bond acceptors (Lipinski definition) is 4. The fourth-order valence-electron chi connectivity index (χ4n) is 3.96. The number of carbonyl (C=O) groups is 2. The predicted molar refractivity (Wildman–Crippen MR) is 129 cm³/mol. The van der Waals surface area contributed by atoms with Gasteiger partial charge < -0.3 is 4.42 Å². The third kappa shape index (κ3) is 3.45. The van der Waals surface area contributed by atoms with Gasteiger partial charge in [0.05, 0.1) is 28.2 Å². The van der Waals surface area contributed by atoms with Crippen molar-refractivity contribution in [2.75, 3.05) is 4.90 Å². The molecule has 1 aliphatic heterocycles. The maximum Gasteiger partial charge on any atom is 0.272 e. The van der Waals surface area contributed by atoms with E-state index in [0.717, 1.165) is 33.2 Å². The molecule has 2 amide bonds. The lowest BCUT2D eigenvalue weighted by Gasteiger charge is -2.17. The van der Waals surface area contributed by atoms with Crippen molar-refractivity contribution < 1.29 is 14.0 Å². The molecule has 1 aromatic heterocycles. The number of nitrogens with zero attached hydrogens (tertiary/aromatic N) is 1. The third-order valence-corrected chi connectivity index (χ3v) is 6.88. The first-order valence-electron chi connectivity index (χ1n) is 10.4. The summed E-state index contributed by atoms with van der Waals surface area (Å²) in [6.45, 7) is 4.04. The molecule has 4 aromatic rings. The van der Waals surface area contributed by atoms with Crippen LogP contribution >= 0.6 is 11.8 Å². The molecule has 0 unspecified atom stereocenters. The summed E-state index contributed by atoms with van der Waals surface area (Å²) >= 11 is 1.34. The molecule has 0 saturated carbocycles. The Hall–Kier alpha value is -3.57. The third-order valence-electron chi connectivity index (χ3n) is 5.78. The number of thioether (sulfide) groups is 1. The van der Waals surface area contributed by atoms with Crippen molar-refractivity contribution in [3.63, 3.8) is 0 Å². The first kappa shape index (κ1) is 20.3. The van der Waals surface area contributed by atoms with E-state index in [1.807, 2.05) is 86.6 Å². The summed E-state index contributed by atoms with van der Waals surface area (Å²) in [7, 11) is 0. The van der Waals surface area contributed by atoms with Gasteiger partial charge in [0.15, 0.2) is 0 Å². The van der Waals surface area contributed by atoms with E-state index in [1.54, 1.807) is 6.26 Å². The average Bonchev–Trinajstić information content (AvgIpc) is 3.40. The lowest BCUT2D eigenvalue weighted by molar-refractivity contribution is -0.119. The molecule has 0 atom stereocenters. The van der Waals surface area contributed by atoms with E-state index < -0.39 is 0 Å². The highest BCUT2D eigenvalue weighted by Crippen LogP contribution is 2.41. The fraction of sp³-hybridized carbons (Fsp3) is 0.111. The summed E-state index contributed by atoms with van der Waals surface area (Å²) in [6.07, 6.45) is 1.61. The van der Waals surface area contributed by atoms with Gasteiger partial charge >= 0.3 is 0 Å². The van der Waals surface area contributed by atoms with Gasteiger partial charge in [-0.15, -0.1) is 11.8 Å². The van der Waals surface area contributed by atoms with Crippen molar-refractivity contribution in [1.29, 1.82) is 0 Å². The Morgan fingerprint density at radius 1 is 0.844 bits per heavy atom. The highest BCUT2D eigenvalue weighted by molar-refractivity contribution is 8.03. The van der Waals surface area contributed by atoms with Crippen LogP contribution < -0.4 is 4.90 Å². The Kier molecular flexibility index (Phi) is 5.19. The molecule has 4 nitrogen and oxygen atoms in total. The number of benzene rings is 3. The maximum atomic E-state index is 13.7. The number of furan rings is 1. The fourth-order valence-corrected chi connectivity index (χ4v) is 4.97. The molecular weight excluding hydrogens is 418 g/mol. The van der Waals surface area contributed by atoms with Crippen molar-refractivity contribution in [2.24, 2.45) is 0 Å². The van der Waals surface area contributed by atoms with E-state index in [4.69, 9.17) is 4.42 Å². The number of hydrogen-bond donors (Lipinski definition) is 0. The number of rotatable bonds is 5. The Bertz CT molecular complexity index is 1380. The summed E-state index contributed by atoms with van der Waals surface area (Å²) in [5.41, 5.74) is 4.03. The van der Waals surface area contributed by atoms with E-state index in [1.165, 1.54) is 16.7 Å². The molecule has 3 aromatic carbocycles. The summed E-state index contributed by atoms with van der Waals surface area (Å²) in [4.78, 5) is 29.2. The van der Waals surface area contributed by atoms with Crippen molar-refractivity contribution in [1.82, 2.24) is 0 Å². The zero-order chi connectivity index (χ0) is 22.2. The lowest BCUT2D eigenvalue weighted by atomic mass is 10.0. The second-order valence-corrected chi connectivity index (χ2v) is 8.80. The molecule has 2 heterocycles. The first-order chi connectivity index (χ1) is 15.5. The second kappa shape index (κ2) is 8.17. The van der Waals surface area contributed by atoms with Crippen molar-refractivity contribution in [3.05, 3.63) is 106 Å². The van der Waals surface area contributed by atoms with Gasteiger partial charge in [0, 0.05) is 5.39 Å². The van der Waals surface area contributed by atoms with Crippen LogP contribution in [-0.4, -0.2) is 11.8 Å². The minimum atomic E-state index is -0.295. The van der Waals surface area contributed by atoms with Gasteiger partial charge in [-0.1, -0.05) is 54.6 Å². The minimum absolute atomic E-state index is 0.295.